The minimum Gasteiger partial charge on any atom is -0.298 e. The van der Waals surface area contributed by atoms with Gasteiger partial charge in [-0.05, 0) is 33.6 Å². The number of thioether (sulfide) groups is 2. The number of carbonyl (C=O) groups is 1. The minimum absolute atomic E-state index is 0.0765. The van der Waals surface area contributed by atoms with Gasteiger partial charge in [-0.15, -0.1) is 11.8 Å². The molecule has 0 radical (unpaired) electrons. The molecule has 1 fully saturated rings. The Hall–Kier alpha value is -0.000000000000000111. The molecule has 1 aliphatic heterocycles. The summed E-state index contributed by atoms with van der Waals surface area (Å²) in [6.07, 6.45) is 0.390. The van der Waals surface area contributed by atoms with Crippen molar-refractivity contribution in [3.63, 3.8) is 0 Å². The Labute approximate surface area is 123 Å². The Morgan fingerprint density at radius 3 is 2.83 bits per heavy atom. The van der Waals surface area contributed by atoms with Gasteiger partial charge in [0.2, 0.25) is 0 Å². The predicted molar refractivity (Wildman–Crippen MR) is 81.0 cm³/mol. The summed E-state index contributed by atoms with van der Waals surface area (Å²) >= 11 is 6.76. The molecule has 0 aromatic heterocycles. The van der Waals surface area contributed by atoms with Crippen LogP contribution in [0.2, 0.25) is 0 Å². The highest BCUT2D eigenvalue weighted by molar-refractivity contribution is 9.10. The van der Waals surface area contributed by atoms with Crippen molar-refractivity contribution < 1.29 is 9.18 Å². The third-order valence-electron chi connectivity index (χ3n) is 2.87. The molecule has 1 heterocycles. The van der Waals surface area contributed by atoms with E-state index in [1.165, 1.54) is 6.07 Å². The molecule has 1 nitrogen and oxygen atoms in total. The molecule has 0 aliphatic carbocycles. The highest BCUT2D eigenvalue weighted by atomic mass is 79.9. The quantitative estimate of drug-likeness (QED) is 0.823. The highest BCUT2D eigenvalue weighted by Crippen LogP contribution is 2.32. The van der Waals surface area contributed by atoms with Crippen molar-refractivity contribution in [1.82, 2.24) is 0 Å². The average molecular weight is 349 g/mol. The summed E-state index contributed by atoms with van der Waals surface area (Å²) in [4.78, 5) is 12.2. The van der Waals surface area contributed by atoms with Crippen LogP contribution in [0.5, 0.6) is 0 Å². The SMILES string of the molecule is CC1SCCSC1C(=O)Cc1ccc(F)c(Br)c1. The molecular formula is C13H14BrFOS2. The lowest BCUT2D eigenvalue weighted by Crippen LogP contribution is -2.32. The third-order valence-corrected chi connectivity index (χ3v) is 6.61. The predicted octanol–water partition coefficient (Wildman–Crippen LogP) is 3.94. The number of hydrogen-bond acceptors (Lipinski definition) is 3. The summed E-state index contributed by atoms with van der Waals surface area (Å²) in [5.41, 5.74) is 0.872. The molecule has 98 valence electrons. The fraction of sp³-hybridized carbons (Fsp3) is 0.462. The van der Waals surface area contributed by atoms with Crippen LogP contribution in [0.15, 0.2) is 22.7 Å². The van der Waals surface area contributed by atoms with Gasteiger partial charge < -0.3 is 0 Å². The summed E-state index contributed by atoms with van der Waals surface area (Å²) in [7, 11) is 0. The van der Waals surface area contributed by atoms with E-state index in [0.717, 1.165) is 17.1 Å². The van der Waals surface area contributed by atoms with Gasteiger partial charge in [0, 0.05) is 23.2 Å². The first-order chi connectivity index (χ1) is 8.58. The largest absolute Gasteiger partial charge is 0.298 e. The van der Waals surface area contributed by atoms with Crippen molar-refractivity contribution in [1.29, 1.82) is 0 Å². The molecule has 0 spiro atoms. The van der Waals surface area contributed by atoms with E-state index in [-0.39, 0.29) is 16.9 Å². The monoisotopic (exact) mass is 348 g/mol. The maximum atomic E-state index is 13.1. The lowest BCUT2D eigenvalue weighted by Gasteiger charge is -2.26. The van der Waals surface area contributed by atoms with Gasteiger partial charge in [-0.1, -0.05) is 13.0 Å². The van der Waals surface area contributed by atoms with Gasteiger partial charge in [-0.2, -0.15) is 11.8 Å². The first-order valence-corrected chi connectivity index (χ1v) is 8.67. The Morgan fingerprint density at radius 1 is 1.44 bits per heavy atom. The van der Waals surface area contributed by atoms with E-state index < -0.39 is 0 Å². The van der Waals surface area contributed by atoms with Crippen LogP contribution in [0, 0.1) is 5.82 Å². The number of rotatable bonds is 3. The molecule has 1 aromatic rings. The molecule has 0 amide bonds. The van der Waals surface area contributed by atoms with E-state index in [4.69, 9.17) is 0 Å². The van der Waals surface area contributed by atoms with Gasteiger partial charge in [0.15, 0.2) is 5.78 Å². The maximum absolute atomic E-state index is 13.1. The Balaban J connectivity index is 2.04. The van der Waals surface area contributed by atoms with Crippen molar-refractivity contribution in [2.75, 3.05) is 11.5 Å². The summed E-state index contributed by atoms with van der Waals surface area (Å²) in [5.74, 6) is 2.12. The van der Waals surface area contributed by atoms with Gasteiger partial charge in [0.1, 0.15) is 5.82 Å². The zero-order valence-electron chi connectivity index (χ0n) is 9.99. The van der Waals surface area contributed by atoms with Crippen LogP contribution in [0.25, 0.3) is 0 Å². The molecule has 1 aliphatic rings. The van der Waals surface area contributed by atoms with Crippen LogP contribution in [0.3, 0.4) is 0 Å². The summed E-state index contributed by atoms with van der Waals surface area (Å²) in [5, 5.41) is 0.452. The standard InChI is InChI=1S/C13H14BrFOS2/c1-8-13(18-5-4-17-8)12(16)7-9-2-3-11(15)10(14)6-9/h2-3,6,8,13H,4-5,7H2,1H3. The van der Waals surface area contributed by atoms with E-state index >= 15 is 0 Å². The van der Waals surface area contributed by atoms with Crippen molar-refractivity contribution in [3.8, 4) is 0 Å². The lowest BCUT2D eigenvalue weighted by molar-refractivity contribution is -0.117. The van der Waals surface area contributed by atoms with Crippen molar-refractivity contribution in [2.24, 2.45) is 0 Å². The fourth-order valence-electron chi connectivity index (χ4n) is 1.94. The zero-order valence-corrected chi connectivity index (χ0v) is 13.2. The van der Waals surface area contributed by atoms with E-state index in [9.17, 15) is 9.18 Å². The highest BCUT2D eigenvalue weighted by Gasteiger charge is 2.28. The van der Waals surface area contributed by atoms with Gasteiger partial charge in [-0.25, -0.2) is 4.39 Å². The van der Waals surface area contributed by atoms with Crippen LogP contribution < -0.4 is 0 Å². The Kier molecular flexibility index (Phi) is 5.15. The number of ketones is 1. The second-order valence-electron chi connectivity index (χ2n) is 4.26. The number of benzene rings is 1. The molecule has 2 unspecified atom stereocenters. The zero-order chi connectivity index (χ0) is 13.1. The average Bonchev–Trinajstić information content (AvgIpc) is 2.34. The van der Waals surface area contributed by atoms with Gasteiger partial charge in [-0.3, -0.25) is 4.79 Å². The van der Waals surface area contributed by atoms with Crippen LogP contribution in [0.4, 0.5) is 4.39 Å². The number of hydrogen-bond donors (Lipinski definition) is 0. The van der Waals surface area contributed by atoms with Crippen LogP contribution in [-0.4, -0.2) is 27.8 Å². The third kappa shape index (κ3) is 3.52. The van der Waals surface area contributed by atoms with Gasteiger partial charge in [0.25, 0.3) is 0 Å². The van der Waals surface area contributed by atoms with Gasteiger partial charge >= 0.3 is 0 Å². The number of Topliss-reactive ketones (excluding diaryl/α,β-unsaturated/α-hetero) is 1. The Bertz CT molecular complexity index is 453. The summed E-state index contributed by atoms with van der Waals surface area (Å²) in [6, 6.07) is 4.78. The smallest absolute Gasteiger partial charge is 0.151 e. The first-order valence-electron chi connectivity index (χ1n) is 5.78. The second kappa shape index (κ2) is 6.44. The van der Waals surface area contributed by atoms with E-state index in [0.29, 0.717) is 16.1 Å². The summed E-state index contributed by atoms with van der Waals surface area (Å²) in [6.45, 7) is 2.11. The molecule has 1 saturated heterocycles. The van der Waals surface area contributed by atoms with E-state index in [2.05, 4.69) is 22.9 Å². The molecule has 0 N–H and O–H groups in total. The molecule has 2 atom stereocenters. The molecule has 0 saturated carbocycles. The van der Waals surface area contributed by atoms with Crippen molar-refractivity contribution in [3.05, 3.63) is 34.1 Å². The summed E-state index contributed by atoms with van der Waals surface area (Å²) < 4.78 is 13.5. The maximum Gasteiger partial charge on any atom is 0.151 e. The number of halogens is 2. The molecular weight excluding hydrogens is 335 g/mol. The van der Waals surface area contributed by atoms with Crippen molar-refractivity contribution >= 4 is 45.2 Å². The van der Waals surface area contributed by atoms with Crippen LogP contribution in [-0.2, 0) is 11.2 Å². The van der Waals surface area contributed by atoms with Crippen molar-refractivity contribution in [2.45, 2.75) is 23.8 Å². The lowest BCUT2D eigenvalue weighted by atomic mass is 10.1. The van der Waals surface area contributed by atoms with Gasteiger partial charge in [0.05, 0.1) is 9.72 Å². The molecule has 18 heavy (non-hydrogen) atoms. The van der Waals surface area contributed by atoms with Crippen LogP contribution >= 0.6 is 39.5 Å². The van der Waals surface area contributed by atoms with E-state index in [1.54, 1.807) is 23.9 Å². The molecule has 2 rings (SSSR count). The fourth-order valence-corrected chi connectivity index (χ4v) is 5.10. The first kappa shape index (κ1) is 14.4. The van der Waals surface area contributed by atoms with Crippen LogP contribution in [0.1, 0.15) is 12.5 Å². The topological polar surface area (TPSA) is 17.1 Å². The molecule has 0 bridgehead atoms. The minimum atomic E-state index is -0.290. The normalized spacial score (nSPS) is 23.9. The number of carbonyl (C=O) groups excluding carboxylic acids is 1. The molecule has 1 aromatic carbocycles. The Morgan fingerprint density at radius 2 is 2.17 bits per heavy atom. The molecule has 5 heteroatoms. The second-order valence-corrected chi connectivity index (χ2v) is 7.85. The van der Waals surface area contributed by atoms with E-state index in [1.807, 2.05) is 11.8 Å².